The van der Waals surface area contributed by atoms with E-state index in [2.05, 4.69) is 0 Å². The van der Waals surface area contributed by atoms with E-state index in [9.17, 15) is 4.39 Å². The Morgan fingerprint density at radius 1 is 1.83 bits per heavy atom. The van der Waals surface area contributed by atoms with Crippen LogP contribution in [0.15, 0.2) is 0 Å². The summed E-state index contributed by atoms with van der Waals surface area (Å²) in [5.74, 6) is -1.41. The fourth-order valence-corrected chi connectivity index (χ4v) is 0. The van der Waals surface area contributed by atoms with Crippen molar-refractivity contribution in [2.45, 2.75) is 0 Å². The molecule has 0 radical (unpaired) electrons. The van der Waals surface area contributed by atoms with Gasteiger partial charge in [-0.1, -0.05) is 0 Å². The second kappa shape index (κ2) is 4.36. The van der Waals surface area contributed by atoms with E-state index < -0.39 is 12.6 Å². The minimum atomic E-state index is -1.41. The van der Waals surface area contributed by atoms with Crippen molar-refractivity contribution in [3.05, 3.63) is 0 Å². The first-order valence-corrected chi connectivity index (χ1v) is 1.05. The highest BCUT2D eigenvalue weighted by atomic mass is 19.1. The quantitative estimate of drug-likeness (QED) is 0.496. The van der Waals surface area contributed by atoms with E-state index in [1.54, 1.807) is 0 Å². The van der Waals surface area contributed by atoms with Crippen LogP contribution in [0.4, 0.5) is 4.39 Å². The Labute approximate surface area is 34.4 Å². The van der Waals surface area contributed by atoms with Gasteiger partial charge in [0.05, 0.1) is 0 Å². The van der Waals surface area contributed by atoms with Gasteiger partial charge in [-0.2, -0.15) is 0 Å². The second-order valence-electron chi connectivity index (χ2n) is 0.527. The smallest absolute Gasteiger partial charge is 0.335 e. The van der Waals surface area contributed by atoms with Crippen molar-refractivity contribution >= 4 is 5.97 Å². The van der Waals surface area contributed by atoms with Crippen LogP contribution in [0.2, 0.25) is 0 Å². The van der Waals surface area contributed by atoms with Gasteiger partial charge in [-0.15, -0.1) is 0 Å². The lowest BCUT2D eigenvalue weighted by Gasteiger charge is -1.69. The van der Waals surface area contributed by atoms with Crippen LogP contribution in [0.25, 0.3) is 0 Å². The molecule has 0 atom stereocenters. The highest BCUT2D eigenvalue weighted by Gasteiger charge is 1.85. The summed E-state index contributed by atoms with van der Waals surface area (Å²) >= 11 is 0. The van der Waals surface area contributed by atoms with Gasteiger partial charge in [-0.05, 0) is 0 Å². The molecule has 4 heteroatoms. The van der Waals surface area contributed by atoms with E-state index in [0.29, 0.717) is 0 Å². The molecule has 0 amide bonds. The summed E-state index contributed by atoms with van der Waals surface area (Å²) in [6.07, 6.45) is 0. The van der Waals surface area contributed by atoms with Crippen molar-refractivity contribution in [3.63, 3.8) is 0 Å². The standard InChI is InChI=1S/C2H3FO2.H3N/c3-1-2(4)5;/h1H2,(H,4,5);1H3/p+1. The van der Waals surface area contributed by atoms with Crippen molar-refractivity contribution in [2.24, 2.45) is 0 Å². The summed E-state index contributed by atoms with van der Waals surface area (Å²) in [6, 6.07) is 0. The van der Waals surface area contributed by atoms with Crippen molar-refractivity contribution < 1.29 is 14.3 Å². The minimum absolute atomic E-state index is 0. The highest BCUT2D eigenvalue weighted by Crippen LogP contribution is 1.60. The maximum absolute atomic E-state index is 10.5. The van der Waals surface area contributed by atoms with Gasteiger partial charge >= 0.3 is 5.97 Å². The third-order valence-corrected chi connectivity index (χ3v) is 0.114. The zero-order valence-electron chi connectivity index (χ0n) is 3.44. The molecule has 0 aromatic heterocycles. The monoisotopic (exact) mass is 96.0 g/mol. The summed E-state index contributed by atoms with van der Waals surface area (Å²) in [5, 5.41) is 7.35. The van der Waals surface area contributed by atoms with Crippen molar-refractivity contribution in [1.82, 2.24) is 6.15 Å². The molecule has 6 heavy (non-hydrogen) atoms. The average Bonchev–Trinajstić information content (AvgIpc) is 1.38. The molecule has 0 spiro atoms. The number of hydrogen-bond acceptors (Lipinski definition) is 1. The highest BCUT2D eigenvalue weighted by molar-refractivity contribution is 5.67. The Morgan fingerprint density at radius 2 is 2.00 bits per heavy atom. The Kier molecular flexibility index (Phi) is 6.56. The van der Waals surface area contributed by atoms with E-state index in [-0.39, 0.29) is 6.15 Å². The Bertz CT molecular complexity index is 46.8. The molecule has 0 aliphatic carbocycles. The molecule has 0 aromatic carbocycles. The van der Waals surface area contributed by atoms with Crippen LogP contribution >= 0.6 is 0 Å². The van der Waals surface area contributed by atoms with Crippen molar-refractivity contribution in [2.75, 3.05) is 6.67 Å². The van der Waals surface area contributed by atoms with Crippen LogP contribution in [0, 0.1) is 0 Å². The molecule has 0 saturated heterocycles. The number of carboxylic acid groups (broad SMARTS) is 1. The molecule has 0 aliphatic rings. The number of hydrogen-bond donors (Lipinski definition) is 2. The molecule has 0 heterocycles. The zero-order chi connectivity index (χ0) is 4.28. The van der Waals surface area contributed by atoms with E-state index >= 15 is 0 Å². The maximum Gasteiger partial charge on any atom is 0.335 e. The molecule has 0 unspecified atom stereocenters. The molecule has 0 saturated carbocycles. The van der Waals surface area contributed by atoms with Gasteiger partial charge in [0.15, 0.2) is 6.67 Å². The first kappa shape index (κ1) is 9.03. The number of carbonyl (C=O) groups is 1. The lowest BCUT2D eigenvalue weighted by molar-refractivity contribution is -0.137. The SMILES string of the molecule is O=C(O)CF.[NH4+]. The topological polar surface area (TPSA) is 73.8 Å². The molecule has 0 aromatic rings. The van der Waals surface area contributed by atoms with E-state index in [1.807, 2.05) is 0 Å². The predicted octanol–water partition coefficient (Wildman–Crippen LogP) is 0.417. The van der Waals surface area contributed by atoms with Gasteiger partial charge < -0.3 is 11.3 Å². The molecule has 5 N–H and O–H groups in total. The summed E-state index contributed by atoms with van der Waals surface area (Å²) in [5.41, 5.74) is 0. The summed E-state index contributed by atoms with van der Waals surface area (Å²) in [4.78, 5) is 8.99. The molecule has 0 fully saturated rings. The number of halogens is 1. The van der Waals surface area contributed by atoms with Crippen LogP contribution < -0.4 is 6.15 Å². The van der Waals surface area contributed by atoms with Crippen LogP contribution in [-0.4, -0.2) is 17.8 Å². The van der Waals surface area contributed by atoms with Crippen LogP contribution in [0.5, 0.6) is 0 Å². The minimum Gasteiger partial charge on any atom is -0.479 e. The number of aliphatic carboxylic acids is 1. The Hall–Kier alpha value is -0.640. The maximum atomic E-state index is 10.5. The molecular formula is C2H7FNO2+. The summed E-state index contributed by atoms with van der Waals surface area (Å²) < 4.78 is 10.5. The number of alkyl halides is 1. The van der Waals surface area contributed by atoms with Crippen LogP contribution in [0.1, 0.15) is 0 Å². The largest absolute Gasteiger partial charge is 0.479 e. The molecule has 0 bridgehead atoms. The van der Waals surface area contributed by atoms with Crippen LogP contribution in [0.3, 0.4) is 0 Å². The first-order valence-electron chi connectivity index (χ1n) is 1.05. The van der Waals surface area contributed by atoms with Gasteiger partial charge in [0.1, 0.15) is 0 Å². The summed E-state index contributed by atoms with van der Waals surface area (Å²) in [7, 11) is 0. The zero-order valence-corrected chi connectivity index (χ0v) is 3.44. The van der Waals surface area contributed by atoms with E-state index in [1.165, 1.54) is 0 Å². The van der Waals surface area contributed by atoms with Crippen molar-refractivity contribution in [1.29, 1.82) is 0 Å². The van der Waals surface area contributed by atoms with Gasteiger partial charge in [0.25, 0.3) is 0 Å². The fraction of sp³-hybridized carbons (Fsp3) is 0.500. The first-order chi connectivity index (χ1) is 2.27. The fourth-order valence-electron chi connectivity index (χ4n) is 0. The van der Waals surface area contributed by atoms with Gasteiger partial charge in [-0.25, -0.2) is 9.18 Å². The molecule has 3 nitrogen and oxygen atoms in total. The number of rotatable bonds is 1. The van der Waals surface area contributed by atoms with Crippen LogP contribution in [-0.2, 0) is 4.79 Å². The third-order valence-electron chi connectivity index (χ3n) is 0.114. The molecular weight excluding hydrogens is 89.0 g/mol. The predicted molar refractivity (Wildman–Crippen MR) is 19.6 cm³/mol. The van der Waals surface area contributed by atoms with Gasteiger partial charge in [-0.3, -0.25) is 0 Å². The normalized spacial score (nSPS) is 6.17. The van der Waals surface area contributed by atoms with Gasteiger partial charge in [0, 0.05) is 0 Å². The summed E-state index contributed by atoms with van der Waals surface area (Å²) in [6.45, 7) is -1.28. The Morgan fingerprint density at radius 3 is 2.00 bits per heavy atom. The molecule has 38 valence electrons. The number of quaternary nitrogens is 1. The molecule has 0 rings (SSSR count). The van der Waals surface area contributed by atoms with Crippen molar-refractivity contribution in [3.8, 4) is 0 Å². The lowest BCUT2D eigenvalue weighted by Crippen LogP contribution is -1.93. The van der Waals surface area contributed by atoms with Gasteiger partial charge in [0.2, 0.25) is 0 Å². The molecule has 0 aliphatic heterocycles. The average molecular weight is 96.1 g/mol. The van der Waals surface area contributed by atoms with E-state index in [4.69, 9.17) is 9.90 Å². The van der Waals surface area contributed by atoms with E-state index in [0.717, 1.165) is 0 Å². The Balaban J connectivity index is 0. The second-order valence-corrected chi connectivity index (χ2v) is 0.527. The number of carboxylic acids is 1. The lowest BCUT2D eigenvalue weighted by atomic mass is 10.8. The third kappa shape index (κ3) is 10.1.